The standard InChI is InChI=1S/C24H18Br2ClN3O3S/c1-33-22-14(11-16(25)13-20(22)26)5-10-21(31)30-24(34)29-19-8-6-18(7-9-19)28-23(32)15-3-2-4-17(27)12-15/h2-13H,1H3,(H,28,32)(H2,29,30,31,34). The molecule has 0 bridgehead atoms. The number of carbonyl (C=O) groups excluding carboxylic acids is 2. The zero-order valence-corrected chi connectivity index (χ0v) is 22.4. The molecule has 6 nitrogen and oxygen atoms in total. The molecule has 34 heavy (non-hydrogen) atoms. The molecule has 0 aliphatic heterocycles. The average Bonchev–Trinajstić information content (AvgIpc) is 2.78. The average molecular weight is 624 g/mol. The number of carbonyl (C=O) groups is 2. The van der Waals surface area contributed by atoms with Crippen molar-refractivity contribution in [2.75, 3.05) is 17.7 Å². The molecule has 174 valence electrons. The van der Waals surface area contributed by atoms with Gasteiger partial charge in [0.25, 0.3) is 5.91 Å². The first-order valence-electron chi connectivity index (χ1n) is 9.75. The van der Waals surface area contributed by atoms with Crippen LogP contribution in [0.3, 0.4) is 0 Å². The van der Waals surface area contributed by atoms with E-state index in [9.17, 15) is 9.59 Å². The number of nitrogens with one attached hydrogen (secondary N) is 3. The van der Waals surface area contributed by atoms with E-state index in [1.807, 2.05) is 12.1 Å². The van der Waals surface area contributed by atoms with Crippen molar-refractivity contribution in [1.82, 2.24) is 5.32 Å². The first-order chi connectivity index (χ1) is 16.2. The third-order valence-corrected chi connectivity index (χ3v) is 5.87. The number of anilines is 2. The molecule has 3 rings (SSSR count). The van der Waals surface area contributed by atoms with Gasteiger partial charge in [0, 0.05) is 38.1 Å². The highest BCUT2D eigenvalue weighted by atomic mass is 79.9. The number of ether oxygens (including phenoxy) is 1. The van der Waals surface area contributed by atoms with E-state index in [4.69, 9.17) is 28.6 Å². The van der Waals surface area contributed by atoms with Crippen molar-refractivity contribution in [2.45, 2.75) is 0 Å². The lowest BCUT2D eigenvalue weighted by Crippen LogP contribution is -2.32. The summed E-state index contributed by atoms with van der Waals surface area (Å²) in [6, 6.07) is 17.2. The number of hydrogen-bond donors (Lipinski definition) is 3. The molecule has 0 saturated carbocycles. The van der Waals surface area contributed by atoms with E-state index in [0.29, 0.717) is 33.3 Å². The molecule has 0 radical (unpaired) electrons. The van der Waals surface area contributed by atoms with Crippen LogP contribution in [0.5, 0.6) is 5.75 Å². The third-order valence-electron chi connectivity index (χ3n) is 4.38. The molecule has 0 heterocycles. The molecule has 3 N–H and O–H groups in total. The molecule has 10 heteroatoms. The molecule has 3 aromatic carbocycles. The number of rotatable bonds is 6. The van der Waals surface area contributed by atoms with Crippen LogP contribution in [0, 0.1) is 0 Å². The Balaban J connectivity index is 1.55. The van der Waals surface area contributed by atoms with Crippen molar-refractivity contribution in [2.24, 2.45) is 0 Å². The van der Waals surface area contributed by atoms with Gasteiger partial charge in [-0.15, -0.1) is 0 Å². The van der Waals surface area contributed by atoms with Crippen molar-refractivity contribution >= 4 is 90.1 Å². The Morgan fingerprint density at radius 3 is 2.32 bits per heavy atom. The number of methoxy groups -OCH3 is 1. The van der Waals surface area contributed by atoms with E-state index >= 15 is 0 Å². The van der Waals surface area contributed by atoms with Gasteiger partial charge >= 0.3 is 0 Å². The van der Waals surface area contributed by atoms with Gasteiger partial charge in [0.05, 0.1) is 11.6 Å². The van der Waals surface area contributed by atoms with Gasteiger partial charge in [-0.2, -0.15) is 0 Å². The molecule has 0 aromatic heterocycles. The van der Waals surface area contributed by atoms with Gasteiger partial charge in [0.15, 0.2) is 5.11 Å². The van der Waals surface area contributed by atoms with Gasteiger partial charge < -0.3 is 15.4 Å². The van der Waals surface area contributed by atoms with E-state index in [-0.39, 0.29) is 11.0 Å². The molecule has 0 fully saturated rings. The van der Waals surface area contributed by atoms with Crippen LogP contribution >= 0.6 is 55.7 Å². The monoisotopic (exact) mass is 621 g/mol. The van der Waals surface area contributed by atoms with Crippen molar-refractivity contribution in [3.8, 4) is 5.75 Å². The topological polar surface area (TPSA) is 79.5 Å². The summed E-state index contributed by atoms with van der Waals surface area (Å²) in [5, 5.41) is 8.93. The highest BCUT2D eigenvalue weighted by Gasteiger charge is 2.09. The summed E-state index contributed by atoms with van der Waals surface area (Å²) in [6.45, 7) is 0. The first kappa shape index (κ1) is 25.9. The minimum absolute atomic E-state index is 0.132. The molecule has 0 spiro atoms. The van der Waals surface area contributed by atoms with Gasteiger partial charge in [0.2, 0.25) is 5.91 Å². The van der Waals surface area contributed by atoms with Crippen molar-refractivity contribution in [3.63, 3.8) is 0 Å². The number of benzene rings is 3. The van der Waals surface area contributed by atoms with Crippen LogP contribution < -0.4 is 20.7 Å². The minimum atomic E-state index is -0.402. The van der Waals surface area contributed by atoms with Gasteiger partial charge in [0.1, 0.15) is 5.75 Å². The van der Waals surface area contributed by atoms with Crippen LogP contribution in [0.2, 0.25) is 5.02 Å². The largest absolute Gasteiger partial charge is 0.495 e. The molecule has 0 saturated heterocycles. The predicted molar refractivity (Wildman–Crippen MR) is 148 cm³/mol. The van der Waals surface area contributed by atoms with Crippen LogP contribution in [-0.2, 0) is 4.79 Å². The van der Waals surface area contributed by atoms with E-state index in [0.717, 1.165) is 8.95 Å². The molecular formula is C24H18Br2ClN3O3S. The molecule has 0 aliphatic carbocycles. The van der Waals surface area contributed by atoms with E-state index < -0.39 is 5.91 Å². The van der Waals surface area contributed by atoms with Crippen LogP contribution in [0.4, 0.5) is 11.4 Å². The Labute approximate surface area is 224 Å². The first-order valence-corrected chi connectivity index (χ1v) is 12.1. The second-order valence-corrected chi connectivity index (χ2v) is 9.44. The Morgan fingerprint density at radius 2 is 1.68 bits per heavy atom. The maximum Gasteiger partial charge on any atom is 0.255 e. The van der Waals surface area contributed by atoms with Crippen LogP contribution in [-0.4, -0.2) is 24.0 Å². The SMILES string of the molecule is COc1c(Br)cc(Br)cc1C=CC(=O)NC(=S)Nc1ccc(NC(=O)c2cccc(Cl)c2)cc1. The molecule has 0 atom stereocenters. The highest BCUT2D eigenvalue weighted by molar-refractivity contribution is 9.11. The number of thiocarbonyl (C=S) groups is 1. The van der Waals surface area contributed by atoms with E-state index in [1.54, 1.807) is 61.7 Å². The predicted octanol–water partition coefficient (Wildman–Crippen LogP) is 6.65. The Bertz CT molecular complexity index is 1270. The maximum atomic E-state index is 12.3. The zero-order valence-electron chi connectivity index (χ0n) is 17.7. The summed E-state index contributed by atoms with van der Waals surface area (Å²) in [4.78, 5) is 24.6. The zero-order chi connectivity index (χ0) is 24.7. The minimum Gasteiger partial charge on any atom is -0.495 e. The van der Waals surface area contributed by atoms with Crippen molar-refractivity contribution < 1.29 is 14.3 Å². The Hall–Kier alpha value is -2.72. The summed E-state index contributed by atoms with van der Waals surface area (Å²) in [5.41, 5.74) is 2.42. The Kier molecular flexibility index (Phi) is 9.23. The highest BCUT2D eigenvalue weighted by Crippen LogP contribution is 2.33. The normalized spacial score (nSPS) is 10.6. The van der Waals surface area contributed by atoms with Gasteiger partial charge in [-0.25, -0.2) is 0 Å². The lowest BCUT2D eigenvalue weighted by Gasteiger charge is -2.10. The van der Waals surface area contributed by atoms with Crippen LogP contribution in [0.15, 0.2) is 75.7 Å². The second-order valence-electron chi connectivity index (χ2n) is 6.83. The van der Waals surface area contributed by atoms with Gasteiger partial charge in [-0.3, -0.25) is 14.9 Å². The molecule has 0 aliphatic rings. The number of hydrogen-bond acceptors (Lipinski definition) is 4. The fourth-order valence-electron chi connectivity index (χ4n) is 2.87. The lowest BCUT2D eigenvalue weighted by atomic mass is 10.2. The van der Waals surface area contributed by atoms with Crippen molar-refractivity contribution in [1.29, 1.82) is 0 Å². The summed E-state index contributed by atoms with van der Waals surface area (Å²) in [6.07, 6.45) is 2.99. The summed E-state index contributed by atoms with van der Waals surface area (Å²) in [7, 11) is 1.55. The van der Waals surface area contributed by atoms with Gasteiger partial charge in [-0.05, 0) is 88.8 Å². The quantitative estimate of drug-likeness (QED) is 0.212. The second kappa shape index (κ2) is 12.1. The maximum absolute atomic E-state index is 12.3. The van der Waals surface area contributed by atoms with E-state index in [2.05, 4.69) is 47.8 Å². The summed E-state index contributed by atoms with van der Waals surface area (Å²) in [5.74, 6) is -0.0663. The van der Waals surface area contributed by atoms with Crippen LogP contribution in [0.1, 0.15) is 15.9 Å². The Morgan fingerprint density at radius 1 is 1.00 bits per heavy atom. The van der Waals surface area contributed by atoms with Crippen molar-refractivity contribution in [3.05, 3.63) is 91.8 Å². The van der Waals surface area contributed by atoms with Gasteiger partial charge in [-0.1, -0.05) is 33.6 Å². The van der Waals surface area contributed by atoms with Crippen LogP contribution in [0.25, 0.3) is 6.08 Å². The molecule has 3 aromatic rings. The fourth-order valence-corrected chi connectivity index (χ4v) is 4.70. The van der Waals surface area contributed by atoms with E-state index in [1.165, 1.54) is 6.08 Å². The number of amides is 2. The summed E-state index contributed by atoms with van der Waals surface area (Å²) < 4.78 is 6.96. The molecule has 0 unspecified atom stereocenters. The number of halogens is 3. The molecule has 2 amide bonds. The fraction of sp³-hybridized carbons (Fsp3) is 0.0417. The molecular weight excluding hydrogens is 606 g/mol. The third kappa shape index (κ3) is 7.39. The lowest BCUT2D eigenvalue weighted by molar-refractivity contribution is -0.115. The summed E-state index contributed by atoms with van der Waals surface area (Å²) >= 11 is 18.0. The smallest absolute Gasteiger partial charge is 0.255 e.